The Morgan fingerprint density at radius 1 is 1.73 bits per heavy atom. The second-order valence-electron chi connectivity index (χ2n) is 3.14. The minimum Gasteiger partial charge on any atom is -0.394 e. The summed E-state index contributed by atoms with van der Waals surface area (Å²) < 4.78 is 0. The second-order valence-corrected chi connectivity index (χ2v) is 3.14. The van der Waals surface area contributed by atoms with Gasteiger partial charge in [-0.1, -0.05) is 0 Å². The SMILES string of the molecule is CN1OCC[C@@]1(C)[C@H](O)CO. The largest absolute Gasteiger partial charge is 0.394 e. The highest BCUT2D eigenvalue weighted by molar-refractivity contribution is 4.91. The first-order valence-electron chi connectivity index (χ1n) is 3.77. The Hall–Kier alpha value is -0.160. The van der Waals surface area contributed by atoms with E-state index in [4.69, 9.17) is 9.94 Å². The molecular weight excluding hydrogens is 146 g/mol. The van der Waals surface area contributed by atoms with Gasteiger partial charge in [-0.3, -0.25) is 4.84 Å². The minimum atomic E-state index is -0.727. The molecule has 1 heterocycles. The Kier molecular flexibility index (Phi) is 2.49. The number of rotatable bonds is 2. The number of hydrogen-bond donors (Lipinski definition) is 2. The Bertz CT molecular complexity index is 142. The van der Waals surface area contributed by atoms with Crippen LogP contribution in [0.15, 0.2) is 0 Å². The highest BCUT2D eigenvalue weighted by atomic mass is 16.7. The summed E-state index contributed by atoms with van der Waals surface area (Å²) in [5.41, 5.74) is -0.422. The molecule has 1 aliphatic heterocycles. The maximum absolute atomic E-state index is 9.42. The summed E-state index contributed by atoms with van der Waals surface area (Å²) in [5, 5.41) is 19.8. The van der Waals surface area contributed by atoms with Crippen molar-refractivity contribution in [2.24, 2.45) is 0 Å². The van der Waals surface area contributed by atoms with Crippen molar-refractivity contribution >= 4 is 0 Å². The van der Waals surface area contributed by atoms with Crippen LogP contribution in [0.5, 0.6) is 0 Å². The van der Waals surface area contributed by atoms with Crippen molar-refractivity contribution in [2.75, 3.05) is 20.3 Å². The standard InChI is InChI=1S/C7H15NO3/c1-7(6(10)5-9)3-4-11-8(7)2/h6,9-10H,3-5H2,1-2H3/t6-,7+/m1/s1. The van der Waals surface area contributed by atoms with Crippen molar-refractivity contribution in [3.05, 3.63) is 0 Å². The Morgan fingerprint density at radius 2 is 2.36 bits per heavy atom. The fraction of sp³-hybridized carbons (Fsp3) is 1.00. The van der Waals surface area contributed by atoms with Crippen LogP contribution in [-0.2, 0) is 4.84 Å². The number of aliphatic hydroxyl groups excluding tert-OH is 2. The van der Waals surface area contributed by atoms with Crippen molar-refractivity contribution in [1.29, 1.82) is 0 Å². The van der Waals surface area contributed by atoms with E-state index >= 15 is 0 Å². The van der Waals surface area contributed by atoms with Gasteiger partial charge in [0.05, 0.1) is 24.9 Å². The molecule has 4 nitrogen and oxygen atoms in total. The molecule has 1 saturated heterocycles. The van der Waals surface area contributed by atoms with Crippen LogP contribution in [0.25, 0.3) is 0 Å². The first-order chi connectivity index (χ1) is 5.11. The summed E-state index contributed by atoms with van der Waals surface area (Å²) in [6.45, 7) is 2.27. The van der Waals surface area contributed by atoms with Crippen molar-refractivity contribution < 1.29 is 15.1 Å². The number of hydroxylamine groups is 2. The van der Waals surface area contributed by atoms with Gasteiger partial charge in [0.25, 0.3) is 0 Å². The predicted molar refractivity (Wildman–Crippen MR) is 39.8 cm³/mol. The third-order valence-electron chi connectivity index (χ3n) is 2.50. The average Bonchev–Trinajstić information content (AvgIpc) is 2.32. The van der Waals surface area contributed by atoms with Crippen molar-refractivity contribution in [3.63, 3.8) is 0 Å². The number of nitrogens with zero attached hydrogens (tertiary/aromatic N) is 1. The Balaban J connectivity index is 2.64. The average molecular weight is 161 g/mol. The van der Waals surface area contributed by atoms with Crippen molar-refractivity contribution in [1.82, 2.24) is 5.06 Å². The van der Waals surface area contributed by atoms with Gasteiger partial charge >= 0.3 is 0 Å². The molecule has 0 radical (unpaired) electrons. The Morgan fingerprint density at radius 3 is 2.73 bits per heavy atom. The number of hydrogen-bond acceptors (Lipinski definition) is 4. The fourth-order valence-corrected chi connectivity index (χ4v) is 1.27. The van der Waals surface area contributed by atoms with Gasteiger partial charge in [0, 0.05) is 7.05 Å². The summed E-state index contributed by atoms with van der Waals surface area (Å²) in [5.74, 6) is 0. The van der Waals surface area contributed by atoms with Crippen LogP contribution in [0.4, 0.5) is 0 Å². The minimum absolute atomic E-state index is 0.218. The highest BCUT2D eigenvalue weighted by Crippen LogP contribution is 2.28. The third kappa shape index (κ3) is 1.39. The number of aliphatic hydroxyl groups is 2. The van der Waals surface area contributed by atoms with Gasteiger partial charge in [-0.2, -0.15) is 5.06 Å². The van der Waals surface area contributed by atoms with Crippen LogP contribution in [0, 0.1) is 0 Å². The molecule has 2 atom stereocenters. The molecule has 0 saturated carbocycles. The quantitative estimate of drug-likeness (QED) is 0.566. The van der Waals surface area contributed by atoms with Gasteiger partial charge < -0.3 is 10.2 Å². The van der Waals surface area contributed by atoms with Crippen molar-refractivity contribution in [2.45, 2.75) is 25.0 Å². The topological polar surface area (TPSA) is 52.9 Å². The summed E-state index contributed by atoms with van der Waals surface area (Å²) in [6, 6.07) is 0. The molecule has 0 aromatic carbocycles. The van der Waals surface area contributed by atoms with E-state index in [2.05, 4.69) is 0 Å². The molecular formula is C7H15NO3. The molecule has 66 valence electrons. The van der Waals surface area contributed by atoms with E-state index in [1.165, 1.54) is 0 Å². The van der Waals surface area contributed by atoms with Gasteiger partial charge in [0.2, 0.25) is 0 Å². The normalized spacial score (nSPS) is 36.0. The number of likely N-dealkylation sites (N-methyl/N-ethyl adjacent to an activating group) is 1. The summed E-state index contributed by atoms with van der Waals surface area (Å²) in [4.78, 5) is 5.15. The van der Waals surface area contributed by atoms with Crippen LogP contribution in [0.1, 0.15) is 13.3 Å². The molecule has 0 aliphatic carbocycles. The summed E-state index contributed by atoms with van der Waals surface area (Å²) in [7, 11) is 1.77. The van der Waals surface area contributed by atoms with Crippen LogP contribution >= 0.6 is 0 Å². The van der Waals surface area contributed by atoms with Gasteiger partial charge in [-0.15, -0.1) is 0 Å². The van der Waals surface area contributed by atoms with Gasteiger partial charge in [0.15, 0.2) is 0 Å². The lowest BCUT2D eigenvalue weighted by molar-refractivity contribution is -0.170. The molecule has 2 N–H and O–H groups in total. The molecule has 1 rings (SSSR count). The third-order valence-corrected chi connectivity index (χ3v) is 2.50. The van der Waals surface area contributed by atoms with E-state index in [1.807, 2.05) is 6.92 Å². The molecule has 0 bridgehead atoms. The first-order valence-corrected chi connectivity index (χ1v) is 3.77. The molecule has 0 aromatic heterocycles. The van der Waals surface area contributed by atoms with E-state index in [-0.39, 0.29) is 6.61 Å². The van der Waals surface area contributed by atoms with Crippen LogP contribution in [0.3, 0.4) is 0 Å². The fourth-order valence-electron chi connectivity index (χ4n) is 1.27. The summed E-state index contributed by atoms with van der Waals surface area (Å²) in [6.07, 6.45) is 0.0283. The van der Waals surface area contributed by atoms with E-state index in [1.54, 1.807) is 12.1 Å². The van der Waals surface area contributed by atoms with Crippen LogP contribution < -0.4 is 0 Å². The lowest BCUT2D eigenvalue weighted by Gasteiger charge is -2.33. The maximum atomic E-state index is 9.42. The lowest BCUT2D eigenvalue weighted by Crippen LogP contribution is -2.49. The van der Waals surface area contributed by atoms with E-state index < -0.39 is 11.6 Å². The molecule has 0 aromatic rings. The predicted octanol–water partition coefficient (Wildman–Crippen LogP) is -0.635. The summed E-state index contributed by atoms with van der Waals surface area (Å²) >= 11 is 0. The first kappa shape index (κ1) is 8.93. The van der Waals surface area contributed by atoms with E-state index in [0.717, 1.165) is 6.42 Å². The highest BCUT2D eigenvalue weighted by Gasteiger charge is 2.41. The van der Waals surface area contributed by atoms with Gasteiger partial charge in [-0.25, -0.2) is 0 Å². The van der Waals surface area contributed by atoms with E-state index in [9.17, 15) is 5.11 Å². The molecule has 1 aliphatic rings. The maximum Gasteiger partial charge on any atom is 0.0974 e. The van der Waals surface area contributed by atoms with Crippen LogP contribution in [0.2, 0.25) is 0 Å². The molecule has 0 spiro atoms. The van der Waals surface area contributed by atoms with Crippen molar-refractivity contribution in [3.8, 4) is 0 Å². The second kappa shape index (κ2) is 3.06. The molecule has 0 amide bonds. The Labute approximate surface area is 66.3 Å². The van der Waals surface area contributed by atoms with Crippen LogP contribution in [-0.4, -0.2) is 47.2 Å². The molecule has 4 heteroatoms. The zero-order valence-electron chi connectivity index (χ0n) is 6.95. The monoisotopic (exact) mass is 161 g/mol. The zero-order valence-corrected chi connectivity index (χ0v) is 6.95. The smallest absolute Gasteiger partial charge is 0.0974 e. The van der Waals surface area contributed by atoms with Gasteiger partial charge in [0.1, 0.15) is 0 Å². The van der Waals surface area contributed by atoms with Gasteiger partial charge in [-0.05, 0) is 13.3 Å². The molecule has 1 fully saturated rings. The molecule has 0 unspecified atom stereocenters. The zero-order chi connectivity index (χ0) is 8.48. The molecule has 11 heavy (non-hydrogen) atoms. The lowest BCUT2D eigenvalue weighted by atomic mass is 9.92. The van der Waals surface area contributed by atoms with E-state index in [0.29, 0.717) is 6.61 Å².